The molecule has 2 atom stereocenters. The number of pyridine rings is 2. The standard InChI is InChI=1S/C26H28N6O7S/c1-2-3-12-38-19(33)14-39-30-20(17-8-7-9-18(27)28-17)23(34)29-21-24(35)32-22(26(36)37)16(15-40-25(21)32)13-31-10-5-4-6-11-31/h4-11,21,25H,2-3,12-15H2,1H3,(H3-,27,28,29,34,36,37)/b30-20-/t21?,25-/m1/s1. The quantitative estimate of drug-likeness (QED) is 0.0815. The molecule has 4 heterocycles. The van der Waals surface area contributed by atoms with E-state index in [2.05, 4.69) is 15.5 Å². The molecule has 3 N–H and O–H groups in total. The van der Waals surface area contributed by atoms with Gasteiger partial charge in [-0.1, -0.05) is 30.6 Å². The first-order chi connectivity index (χ1) is 19.3. The third-order valence-electron chi connectivity index (χ3n) is 6.01. The average Bonchev–Trinajstić information content (AvgIpc) is 2.94. The van der Waals surface area contributed by atoms with Crippen molar-refractivity contribution >= 4 is 47.0 Å². The van der Waals surface area contributed by atoms with Crippen LogP contribution in [0, 0.1) is 0 Å². The number of nitrogen functional groups attached to an aromatic ring is 1. The van der Waals surface area contributed by atoms with Crippen LogP contribution < -0.4 is 20.7 Å². The van der Waals surface area contributed by atoms with Crippen molar-refractivity contribution in [1.82, 2.24) is 15.2 Å². The number of fused-ring (bicyclic) bond motifs is 1. The monoisotopic (exact) mass is 568 g/mol. The Morgan fingerprint density at radius 1 is 1.25 bits per heavy atom. The molecule has 0 radical (unpaired) electrons. The second kappa shape index (κ2) is 13.1. The van der Waals surface area contributed by atoms with Crippen molar-refractivity contribution in [2.45, 2.75) is 37.7 Å². The van der Waals surface area contributed by atoms with Gasteiger partial charge < -0.3 is 30.5 Å². The number of aromatic nitrogens is 2. The van der Waals surface area contributed by atoms with Crippen LogP contribution in [0.15, 0.2) is 65.2 Å². The molecule has 0 aromatic carbocycles. The van der Waals surface area contributed by atoms with Gasteiger partial charge in [0.15, 0.2) is 24.7 Å². The summed E-state index contributed by atoms with van der Waals surface area (Å²) in [6, 6.07) is 8.95. The van der Waals surface area contributed by atoms with Crippen LogP contribution in [0.25, 0.3) is 0 Å². The van der Waals surface area contributed by atoms with Crippen molar-refractivity contribution in [1.29, 1.82) is 0 Å². The molecule has 0 spiro atoms. The van der Waals surface area contributed by atoms with Gasteiger partial charge in [-0.25, -0.2) is 14.3 Å². The molecule has 210 valence electrons. The number of thioether (sulfide) groups is 1. The lowest BCUT2D eigenvalue weighted by molar-refractivity contribution is -0.689. The fourth-order valence-electron chi connectivity index (χ4n) is 4.07. The number of hydrogen-bond donors (Lipinski definition) is 2. The summed E-state index contributed by atoms with van der Waals surface area (Å²) in [7, 11) is 0. The lowest BCUT2D eigenvalue weighted by Gasteiger charge is -2.50. The minimum absolute atomic E-state index is 0.0502. The Bertz CT molecular complexity index is 1350. The smallest absolute Gasteiger partial charge is 0.347 e. The number of β-lactam (4-membered cyclic amide) rings is 1. The van der Waals surface area contributed by atoms with Gasteiger partial charge in [-0.05, 0) is 18.6 Å². The number of nitrogens with one attached hydrogen (secondary N) is 1. The van der Waals surface area contributed by atoms with Gasteiger partial charge in [0, 0.05) is 23.5 Å². The fourth-order valence-corrected chi connectivity index (χ4v) is 5.41. The first-order valence-corrected chi connectivity index (χ1v) is 13.6. The Morgan fingerprint density at radius 3 is 2.73 bits per heavy atom. The third kappa shape index (κ3) is 6.57. The fraction of sp³-hybridized carbons (Fsp3) is 0.346. The van der Waals surface area contributed by atoms with Gasteiger partial charge in [-0.3, -0.25) is 14.5 Å². The third-order valence-corrected chi connectivity index (χ3v) is 7.35. The largest absolute Gasteiger partial charge is 0.543 e. The highest BCUT2D eigenvalue weighted by molar-refractivity contribution is 8.00. The molecule has 13 nitrogen and oxygen atoms in total. The molecule has 2 aromatic heterocycles. The zero-order chi connectivity index (χ0) is 28.6. The number of nitrogens with zero attached hydrogens (tertiary/aromatic N) is 4. The highest BCUT2D eigenvalue weighted by Crippen LogP contribution is 2.40. The number of aliphatic carboxylic acids is 1. The minimum atomic E-state index is -1.47. The number of hydrogen-bond acceptors (Lipinski definition) is 11. The second-order valence-electron chi connectivity index (χ2n) is 8.88. The van der Waals surface area contributed by atoms with Crippen molar-refractivity contribution in [3.63, 3.8) is 0 Å². The summed E-state index contributed by atoms with van der Waals surface area (Å²) in [5, 5.41) is 17.7. The minimum Gasteiger partial charge on any atom is -0.543 e. The molecular weight excluding hydrogens is 540 g/mol. The van der Waals surface area contributed by atoms with Gasteiger partial charge in [-0.2, -0.15) is 0 Å². The maximum absolute atomic E-state index is 13.2. The number of nitrogens with two attached hydrogens (primary N) is 1. The normalized spacial score (nSPS) is 18.5. The highest BCUT2D eigenvalue weighted by atomic mass is 32.2. The van der Waals surface area contributed by atoms with Gasteiger partial charge in [0.05, 0.1) is 18.3 Å². The molecule has 40 heavy (non-hydrogen) atoms. The first kappa shape index (κ1) is 28.5. The van der Waals surface area contributed by atoms with E-state index in [9.17, 15) is 24.3 Å². The van der Waals surface area contributed by atoms with Gasteiger partial charge in [0.25, 0.3) is 11.8 Å². The number of carbonyl (C=O) groups excluding carboxylic acids is 4. The van der Waals surface area contributed by atoms with Gasteiger partial charge in [0.1, 0.15) is 22.9 Å². The molecular formula is C26H28N6O7S. The topological polar surface area (TPSA) is 180 Å². The summed E-state index contributed by atoms with van der Waals surface area (Å²) < 4.78 is 6.80. The number of rotatable bonds is 12. The van der Waals surface area contributed by atoms with E-state index in [1.54, 1.807) is 23.0 Å². The number of amides is 2. The zero-order valence-corrected chi connectivity index (χ0v) is 22.5. The molecule has 1 unspecified atom stereocenters. The summed E-state index contributed by atoms with van der Waals surface area (Å²) in [6.45, 7) is 1.91. The summed E-state index contributed by atoms with van der Waals surface area (Å²) in [5.41, 5.74) is 5.80. The number of carboxylic acid groups (broad SMARTS) is 1. The Kier molecular flexibility index (Phi) is 9.32. The van der Waals surface area contributed by atoms with Crippen LogP contribution in [-0.4, -0.2) is 69.7 Å². The number of ether oxygens (including phenoxy) is 1. The molecule has 2 aliphatic rings. The number of anilines is 1. The van der Waals surface area contributed by atoms with Crippen LogP contribution in [0.2, 0.25) is 0 Å². The number of esters is 1. The lowest BCUT2D eigenvalue weighted by atomic mass is 10.0. The molecule has 0 saturated carbocycles. The van der Waals surface area contributed by atoms with Gasteiger partial charge in [-0.15, -0.1) is 11.8 Å². The second-order valence-corrected chi connectivity index (χ2v) is 9.99. The van der Waals surface area contributed by atoms with Crippen molar-refractivity contribution in [2.75, 3.05) is 24.7 Å². The van der Waals surface area contributed by atoms with Crippen molar-refractivity contribution in [2.24, 2.45) is 5.16 Å². The van der Waals surface area contributed by atoms with E-state index in [4.69, 9.17) is 15.3 Å². The van der Waals surface area contributed by atoms with Crippen molar-refractivity contribution < 1.29 is 38.4 Å². The molecule has 0 bridgehead atoms. The molecule has 4 rings (SSSR count). The van der Waals surface area contributed by atoms with E-state index in [-0.39, 0.29) is 36.1 Å². The Labute approximate surface area is 234 Å². The van der Waals surface area contributed by atoms with Crippen molar-refractivity contribution in [3.8, 4) is 0 Å². The predicted octanol–water partition coefficient (Wildman–Crippen LogP) is -0.881. The SMILES string of the molecule is CCCCOC(=O)CO/N=C(\C(=O)NC1C(=O)N2C(C(=O)[O-])=C(C[n+]3ccccc3)CS[C@H]12)c1cccc(N)n1. The van der Waals surface area contributed by atoms with Crippen molar-refractivity contribution in [3.05, 3.63) is 65.8 Å². The van der Waals surface area contributed by atoms with E-state index < -0.39 is 41.8 Å². The molecule has 1 fully saturated rings. The summed E-state index contributed by atoms with van der Waals surface area (Å²) in [5.74, 6) is -3.14. The van der Waals surface area contributed by atoms with Crippen LogP contribution in [0.3, 0.4) is 0 Å². The Morgan fingerprint density at radius 2 is 2.02 bits per heavy atom. The van der Waals surface area contributed by atoms with E-state index in [1.807, 2.05) is 25.1 Å². The Balaban J connectivity index is 1.49. The maximum atomic E-state index is 13.2. The summed E-state index contributed by atoms with van der Waals surface area (Å²) in [6.07, 6.45) is 5.12. The van der Waals surface area contributed by atoms with E-state index in [0.29, 0.717) is 17.7 Å². The lowest BCUT2D eigenvalue weighted by Crippen LogP contribution is -2.71. The first-order valence-electron chi connectivity index (χ1n) is 12.5. The molecule has 2 amide bonds. The highest BCUT2D eigenvalue weighted by Gasteiger charge is 2.53. The van der Waals surface area contributed by atoms with E-state index in [1.165, 1.54) is 23.9 Å². The summed E-state index contributed by atoms with van der Waals surface area (Å²) >= 11 is 1.32. The van der Waals surface area contributed by atoms with Crippen LogP contribution >= 0.6 is 11.8 Å². The van der Waals surface area contributed by atoms with Crippen LogP contribution in [0.4, 0.5) is 5.82 Å². The number of carbonyl (C=O) groups is 4. The molecule has 2 aromatic rings. The maximum Gasteiger partial charge on any atom is 0.347 e. The molecule has 1 saturated heterocycles. The zero-order valence-electron chi connectivity index (χ0n) is 21.6. The summed E-state index contributed by atoms with van der Waals surface area (Å²) in [4.78, 5) is 60.5. The molecule has 2 aliphatic heterocycles. The average molecular weight is 569 g/mol. The predicted molar refractivity (Wildman–Crippen MR) is 141 cm³/mol. The van der Waals surface area contributed by atoms with Gasteiger partial charge >= 0.3 is 5.97 Å². The Hall–Kier alpha value is -4.46. The van der Waals surface area contributed by atoms with E-state index >= 15 is 0 Å². The van der Waals surface area contributed by atoms with E-state index in [0.717, 1.165) is 11.3 Å². The van der Waals surface area contributed by atoms with Crippen LogP contribution in [0.1, 0.15) is 25.5 Å². The number of unbranched alkanes of at least 4 members (excludes halogenated alkanes) is 1. The molecule has 0 aliphatic carbocycles. The molecule has 14 heteroatoms. The number of carboxylic acids is 1. The number of oxime groups is 1. The van der Waals surface area contributed by atoms with Gasteiger partial charge in [0.2, 0.25) is 6.61 Å². The van der Waals surface area contributed by atoms with Crippen LogP contribution in [0.5, 0.6) is 0 Å². The van der Waals surface area contributed by atoms with Crippen LogP contribution in [-0.2, 0) is 35.3 Å².